The van der Waals surface area contributed by atoms with E-state index in [1.54, 1.807) is 29.2 Å². The van der Waals surface area contributed by atoms with Crippen molar-refractivity contribution in [1.29, 1.82) is 0 Å². The van der Waals surface area contributed by atoms with E-state index in [2.05, 4.69) is 13.8 Å². The molecule has 37 heavy (non-hydrogen) atoms. The Hall–Kier alpha value is -3.48. The Kier molecular flexibility index (Phi) is 5.89. The Labute approximate surface area is 216 Å². The number of anilines is 2. The van der Waals surface area contributed by atoms with Gasteiger partial charge in [0, 0.05) is 18.7 Å². The summed E-state index contributed by atoms with van der Waals surface area (Å²) in [7, 11) is 0. The van der Waals surface area contributed by atoms with Crippen LogP contribution in [-0.2, 0) is 32.0 Å². The maximum atomic E-state index is 13.1. The minimum absolute atomic E-state index is 0.0709. The van der Waals surface area contributed by atoms with Gasteiger partial charge in [0.25, 0.3) is 0 Å². The van der Waals surface area contributed by atoms with Gasteiger partial charge in [-0.15, -0.1) is 0 Å². The zero-order valence-corrected chi connectivity index (χ0v) is 21.3. The normalized spacial score (nSPS) is 28.4. The lowest BCUT2D eigenvalue weighted by Gasteiger charge is -2.23. The van der Waals surface area contributed by atoms with E-state index in [4.69, 9.17) is 4.74 Å². The molecule has 0 spiro atoms. The number of benzene rings is 2. The first-order valence-corrected chi connectivity index (χ1v) is 13.5. The maximum absolute atomic E-state index is 13.1. The number of imide groups is 1. The minimum Gasteiger partial charge on any atom is -0.426 e. The van der Waals surface area contributed by atoms with Crippen molar-refractivity contribution in [3.8, 4) is 5.75 Å². The zero-order chi connectivity index (χ0) is 25.8. The van der Waals surface area contributed by atoms with Crippen LogP contribution in [0.25, 0.3) is 0 Å². The Morgan fingerprint density at radius 1 is 0.892 bits per heavy atom. The molecule has 2 aliphatic heterocycles. The highest BCUT2D eigenvalue weighted by molar-refractivity contribution is 6.22. The number of para-hydroxylation sites is 1. The van der Waals surface area contributed by atoms with E-state index in [9.17, 15) is 19.2 Å². The molecule has 7 heteroatoms. The smallest absolute Gasteiger partial charge is 0.316 e. The second-order valence-corrected chi connectivity index (χ2v) is 10.8. The monoisotopic (exact) mass is 500 g/mol. The van der Waals surface area contributed by atoms with Gasteiger partial charge >= 0.3 is 5.97 Å². The molecule has 6 rings (SSSR count). The van der Waals surface area contributed by atoms with Gasteiger partial charge in [0.15, 0.2) is 0 Å². The molecule has 2 saturated heterocycles. The minimum atomic E-state index is -0.557. The van der Waals surface area contributed by atoms with Crippen LogP contribution in [0.2, 0.25) is 0 Å². The summed E-state index contributed by atoms with van der Waals surface area (Å²) in [4.78, 5) is 55.1. The molecule has 2 aromatic carbocycles. The first-order chi connectivity index (χ1) is 17.9. The van der Waals surface area contributed by atoms with Gasteiger partial charge < -0.3 is 9.64 Å². The van der Waals surface area contributed by atoms with Crippen LogP contribution < -0.4 is 14.5 Å². The highest BCUT2D eigenvalue weighted by Gasteiger charge is 2.61. The molecule has 4 fully saturated rings. The van der Waals surface area contributed by atoms with E-state index >= 15 is 0 Å². The van der Waals surface area contributed by atoms with E-state index in [1.807, 2.05) is 18.2 Å². The van der Waals surface area contributed by atoms with Gasteiger partial charge in [-0.3, -0.25) is 24.1 Å². The quantitative estimate of drug-likeness (QED) is 0.335. The maximum Gasteiger partial charge on any atom is 0.316 e. The first-order valence-electron chi connectivity index (χ1n) is 13.5. The molecule has 4 aliphatic rings. The third kappa shape index (κ3) is 3.78. The highest BCUT2D eigenvalue weighted by atomic mass is 16.5. The van der Waals surface area contributed by atoms with Crippen molar-refractivity contribution >= 4 is 35.1 Å². The number of hydrogen-bond acceptors (Lipinski definition) is 5. The van der Waals surface area contributed by atoms with Crippen molar-refractivity contribution in [3.05, 3.63) is 53.6 Å². The summed E-state index contributed by atoms with van der Waals surface area (Å²) in [6.45, 7) is 4.42. The molecule has 0 unspecified atom stereocenters. The number of ether oxygens (including phenoxy) is 1. The van der Waals surface area contributed by atoms with Gasteiger partial charge in [-0.2, -0.15) is 0 Å². The Bertz CT molecular complexity index is 1240. The second kappa shape index (κ2) is 9.12. The van der Waals surface area contributed by atoms with Crippen molar-refractivity contribution in [1.82, 2.24) is 0 Å². The molecule has 0 N–H and O–H groups in total. The highest BCUT2D eigenvalue weighted by Crippen LogP contribution is 2.56. The van der Waals surface area contributed by atoms with Crippen LogP contribution in [0.3, 0.4) is 0 Å². The number of nitrogens with zero attached hydrogens (tertiary/aromatic N) is 2. The number of rotatable bonds is 6. The number of hydrogen-bond donors (Lipinski definition) is 0. The van der Waals surface area contributed by atoms with Gasteiger partial charge in [0.2, 0.25) is 17.7 Å². The van der Waals surface area contributed by atoms with Crippen molar-refractivity contribution in [2.24, 2.45) is 29.6 Å². The van der Waals surface area contributed by atoms with Crippen LogP contribution in [0.5, 0.6) is 5.75 Å². The largest absolute Gasteiger partial charge is 0.426 e. The third-order valence-electron chi connectivity index (χ3n) is 8.93. The van der Waals surface area contributed by atoms with Gasteiger partial charge in [0.1, 0.15) is 5.75 Å². The fraction of sp³-hybridized carbons (Fsp3) is 0.467. The summed E-state index contributed by atoms with van der Waals surface area (Å²) in [6, 6.07) is 12.6. The number of carbonyl (C=O) groups excluding carboxylic acids is 4. The van der Waals surface area contributed by atoms with Crippen LogP contribution in [-0.4, -0.2) is 30.2 Å². The number of carbonyl (C=O) groups is 4. The van der Waals surface area contributed by atoms with Crippen molar-refractivity contribution < 1.29 is 23.9 Å². The Balaban J connectivity index is 1.14. The lowest BCUT2D eigenvalue weighted by atomic mass is 9.81. The fourth-order valence-corrected chi connectivity index (χ4v) is 7.17. The molecular weight excluding hydrogens is 468 g/mol. The predicted molar refractivity (Wildman–Crippen MR) is 138 cm³/mol. The van der Waals surface area contributed by atoms with E-state index in [0.29, 0.717) is 29.8 Å². The van der Waals surface area contributed by atoms with Crippen molar-refractivity contribution in [2.45, 2.75) is 52.4 Å². The lowest BCUT2D eigenvalue weighted by molar-refractivity contribution is -0.139. The summed E-state index contributed by atoms with van der Waals surface area (Å²) in [6.07, 6.45) is 4.80. The molecule has 2 aromatic rings. The van der Waals surface area contributed by atoms with Crippen LogP contribution in [0.4, 0.5) is 11.4 Å². The van der Waals surface area contributed by atoms with E-state index in [-0.39, 0.29) is 36.0 Å². The molecule has 0 aromatic heterocycles. The molecule has 7 nitrogen and oxygen atoms in total. The molecule has 0 radical (unpaired) electrons. The first kappa shape index (κ1) is 23.9. The molecular formula is C30H32N2O5. The topological polar surface area (TPSA) is 84.0 Å². The Morgan fingerprint density at radius 2 is 1.49 bits per heavy atom. The van der Waals surface area contributed by atoms with Gasteiger partial charge in [0.05, 0.1) is 23.4 Å². The molecule has 2 aliphatic carbocycles. The molecule has 2 saturated carbocycles. The van der Waals surface area contributed by atoms with Crippen LogP contribution in [0, 0.1) is 29.6 Å². The summed E-state index contributed by atoms with van der Waals surface area (Å²) in [5.74, 6) is -0.582. The molecule has 5 atom stereocenters. The summed E-state index contributed by atoms with van der Waals surface area (Å²) in [5, 5.41) is 0. The van der Waals surface area contributed by atoms with Gasteiger partial charge in [-0.1, -0.05) is 32.0 Å². The predicted octanol–water partition coefficient (Wildman–Crippen LogP) is 4.31. The van der Waals surface area contributed by atoms with Crippen molar-refractivity contribution in [3.63, 3.8) is 0 Å². The summed E-state index contributed by atoms with van der Waals surface area (Å²) in [5.41, 5.74) is 3.64. The fourth-order valence-electron chi connectivity index (χ4n) is 7.17. The number of aryl methyl sites for hydroxylation is 2. The number of esters is 1. The van der Waals surface area contributed by atoms with E-state index < -0.39 is 11.9 Å². The number of amides is 3. The second-order valence-electron chi connectivity index (χ2n) is 10.8. The summed E-state index contributed by atoms with van der Waals surface area (Å²) >= 11 is 0. The molecule has 2 heterocycles. The average Bonchev–Trinajstić information content (AvgIpc) is 3.67. The standard InChI is InChI=1S/C30H32N2O5/c1-3-17-6-5-7-18(4-2)27(17)31-16-21(15-24(31)33)30(36)37-23-12-10-22(11-13-23)32-28(34)25-19-8-9-20(14-19)26(25)29(32)35/h5-7,10-13,19-21,25-26H,3-4,8-9,14-16H2,1-2H3/t19-,20-,21+,25-,26-/m0/s1. The SMILES string of the molecule is CCc1cccc(CC)c1N1C[C@H](C(=O)Oc2ccc(N3C(=O)[C@H]4[C@H]5CC[C@@H](C5)[C@@H]4C3=O)cc2)CC1=O. The van der Waals surface area contributed by atoms with Crippen LogP contribution in [0.15, 0.2) is 42.5 Å². The lowest BCUT2D eigenvalue weighted by Crippen LogP contribution is -2.32. The van der Waals surface area contributed by atoms with E-state index in [0.717, 1.165) is 48.9 Å². The van der Waals surface area contributed by atoms with Gasteiger partial charge in [-0.05, 0) is 79.3 Å². The molecule has 192 valence electrons. The average molecular weight is 501 g/mol. The zero-order valence-electron chi connectivity index (χ0n) is 21.3. The molecule has 3 amide bonds. The van der Waals surface area contributed by atoms with Crippen LogP contribution >= 0.6 is 0 Å². The summed E-state index contributed by atoms with van der Waals surface area (Å²) < 4.78 is 5.63. The Morgan fingerprint density at radius 3 is 2.05 bits per heavy atom. The molecule has 2 bridgehead atoms. The van der Waals surface area contributed by atoms with Crippen LogP contribution in [0.1, 0.15) is 50.7 Å². The van der Waals surface area contributed by atoms with Gasteiger partial charge in [-0.25, -0.2) is 0 Å². The third-order valence-corrected chi connectivity index (χ3v) is 8.93. The van der Waals surface area contributed by atoms with E-state index in [1.165, 1.54) is 4.90 Å². The number of fused-ring (bicyclic) bond motifs is 5. The van der Waals surface area contributed by atoms with Crippen molar-refractivity contribution in [2.75, 3.05) is 16.3 Å².